The minimum absolute atomic E-state index is 0.151. The van der Waals surface area contributed by atoms with Crippen LogP contribution in [0.2, 0.25) is 10.0 Å². The second-order valence-electron chi connectivity index (χ2n) is 7.51. The van der Waals surface area contributed by atoms with Crippen molar-refractivity contribution in [3.63, 3.8) is 0 Å². The third-order valence-corrected chi connectivity index (χ3v) is 4.62. The van der Waals surface area contributed by atoms with Crippen LogP contribution in [0.25, 0.3) is 5.69 Å². The Hall–Kier alpha value is -1.56. The highest BCUT2D eigenvalue weighted by molar-refractivity contribution is 6.33. The maximum absolute atomic E-state index is 12.7. The van der Waals surface area contributed by atoms with Gasteiger partial charge in [-0.2, -0.15) is 9.78 Å². The molecule has 1 aliphatic heterocycles. The zero-order valence-corrected chi connectivity index (χ0v) is 16.2. The molecule has 1 aromatic carbocycles. The summed E-state index contributed by atoms with van der Waals surface area (Å²) in [6, 6.07) is 6.88. The average Bonchev–Trinajstić information content (AvgIpc) is 2.48. The number of ether oxygens (including phenoxy) is 1. The van der Waals surface area contributed by atoms with Crippen molar-refractivity contribution in [3.8, 4) is 5.69 Å². The number of aromatic nitrogens is 2. The van der Waals surface area contributed by atoms with Gasteiger partial charge in [0.05, 0.1) is 28.8 Å². The van der Waals surface area contributed by atoms with Crippen molar-refractivity contribution >= 4 is 28.9 Å². The highest BCUT2D eigenvalue weighted by atomic mass is 35.5. The normalized spacial score (nSPS) is 19.0. The summed E-state index contributed by atoms with van der Waals surface area (Å²) in [4.78, 5) is 14.8. The second-order valence-corrected chi connectivity index (χ2v) is 8.33. The monoisotopic (exact) mass is 381 g/mol. The van der Waals surface area contributed by atoms with Gasteiger partial charge in [0, 0.05) is 18.1 Å². The second kappa shape index (κ2) is 6.31. The van der Waals surface area contributed by atoms with Crippen molar-refractivity contribution in [2.24, 2.45) is 0 Å². The van der Waals surface area contributed by atoms with Crippen LogP contribution in [0.3, 0.4) is 0 Å². The molecule has 1 aliphatic rings. The van der Waals surface area contributed by atoms with E-state index in [1.807, 2.05) is 27.7 Å². The quantitative estimate of drug-likeness (QED) is 0.790. The summed E-state index contributed by atoms with van der Waals surface area (Å²) in [5.41, 5.74) is 0.182. The van der Waals surface area contributed by atoms with E-state index in [1.165, 1.54) is 4.68 Å². The molecule has 1 aromatic heterocycles. The standard InChI is InChI=1S/C18H21Cl2N3O2/c1-17(2)10-22(11-18(3,4)25-17)14-9-21-23(16(24)15(14)20)13-7-5-12(19)6-8-13/h5-9H,10-11H2,1-4H3. The summed E-state index contributed by atoms with van der Waals surface area (Å²) < 4.78 is 7.36. The van der Waals surface area contributed by atoms with Gasteiger partial charge in [-0.15, -0.1) is 0 Å². The van der Waals surface area contributed by atoms with Crippen molar-refractivity contribution in [1.29, 1.82) is 0 Å². The van der Waals surface area contributed by atoms with Gasteiger partial charge in [0.25, 0.3) is 5.56 Å². The lowest BCUT2D eigenvalue weighted by atomic mass is 9.98. The van der Waals surface area contributed by atoms with Gasteiger partial charge in [0.1, 0.15) is 5.02 Å². The molecular formula is C18H21Cl2N3O2. The SMILES string of the molecule is CC1(C)CN(c2cnn(-c3ccc(Cl)cc3)c(=O)c2Cl)CC(C)(C)O1. The van der Waals surface area contributed by atoms with Crippen LogP contribution in [0.4, 0.5) is 5.69 Å². The number of halogens is 2. The Morgan fingerprint density at radius 1 is 1.04 bits per heavy atom. The molecule has 0 atom stereocenters. The molecule has 0 amide bonds. The van der Waals surface area contributed by atoms with E-state index in [4.69, 9.17) is 27.9 Å². The summed E-state index contributed by atoms with van der Waals surface area (Å²) in [5.74, 6) is 0. The highest BCUT2D eigenvalue weighted by Gasteiger charge is 2.39. The minimum Gasteiger partial charge on any atom is -0.366 e. The Kier molecular flexibility index (Phi) is 4.60. The predicted octanol–water partition coefficient (Wildman–Crippen LogP) is 3.93. The van der Waals surface area contributed by atoms with E-state index in [9.17, 15) is 4.79 Å². The fourth-order valence-electron chi connectivity index (χ4n) is 3.37. The first-order chi connectivity index (χ1) is 11.6. The van der Waals surface area contributed by atoms with Crippen molar-refractivity contribution in [1.82, 2.24) is 9.78 Å². The molecule has 3 rings (SSSR count). The molecule has 0 spiro atoms. The van der Waals surface area contributed by atoms with Gasteiger partial charge in [-0.05, 0) is 52.0 Å². The maximum atomic E-state index is 12.7. The lowest BCUT2D eigenvalue weighted by Crippen LogP contribution is -2.57. The van der Waals surface area contributed by atoms with Gasteiger partial charge in [-0.1, -0.05) is 23.2 Å². The van der Waals surface area contributed by atoms with Crippen molar-refractivity contribution in [2.45, 2.75) is 38.9 Å². The van der Waals surface area contributed by atoms with Crippen LogP contribution in [0.5, 0.6) is 0 Å². The van der Waals surface area contributed by atoms with Crippen LogP contribution in [-0.4, -0.2) is 34.1 Å². The molecule has 0 unspecified atom stereocenters. The van der Waals surface area contributed by atoms with Gasteiger partial charge in [0.2, 0.25) is 0 Å². The number of morpholine rings is 1. The number of anilines is 1. The zero-order chi connectivity index (χ0) is 18.4. The van der Waals surface area contributed by atoms with Gasteiger partial charge in [0.15, 0.2) is 0 Å². The molecule has 1 fully saturated rings. The number of nitrogens with zero attached hydrogens (tertiary/aromatic N) is 3. The average molecular weight is 382 g/mol. The summed E-state index contributed by atoms with van der Waals surface area (Å²) in [5, 5.41) is 5.05. The molecule has 7 heteroatoms. The van der Waals surface area contributed by atoms with E-state index in [2.05, 4.69) is 10.00 Å². The van der Waals surface area contributed by atoms with Crippen LogP contribution in [0, 0.1) is 0 Å². The molecule has 25 heavy (non-hydrogen) atoms. The van der Waals surface area contributed by atoms with E-state index in [0.29, 0.717) is 29.5 Å². The van der Waals surface area contributed by atoms with E-state index in [1.54, 1.807) is 30.5 Å². The number of rotatable bonds is 2. The number of hydrogen-bond donors (Lipinski definition) is 0. The molecule has 0 radical (unpaired) electrons. The lowest BCUT2D eigenvalue weighted by Gasteiger charge is -2.48. The molecule has 1 saturated heterocycles. The van der Waals surface area contributed by atoms with Crippen LogP contribution in [0.15, 0.2) is 35.3 Å². The first-order valence-corrected chi connectivity index (χ1v) is 8.82. The summed E-state index contributed by atoms with van der Waals surface area (Å²) in [6.07, 6.45) is 1.63. The first-order valence-electron chi connectivity index (χ1n) is 8.07. The van der Waals surface area contributed by atoms with Crippen molar-refractivity contribution in [3.05, 3.63) is 50.9 Å². The highest BCUT2D eigenvalue weighted by Crippen LogP contribution is 2.33. The third-order valence-electron chi connectivity index (χ3n) is 4.01. The van der Waals surface area contributed by atoms with Crippen LogP contribution in [-0.2, 0) is 4.74 Å². The predicted molar refractivity (Wildman–Crippen MR) is 101 cm³/mol. The van der Waals surface area contributed by atoms with Crippen molar-refractivity contribution < 1.29 is 4.74 Å². The van der Waals surface area contributed by atoms with Gasteiger partial charge in [-0.25, -0.2) is 0 Å². The molecule has 0 bridgehead atoms. The summed E-state index contributed by atoms with van der Waals surface area (Å²) in [7, 11) is 0. The Labute approximate surface area is 157 Å². The Bertz CT molecular complexity index is 828. The number of hydrogen-bond acceptors (Lipinski definition) is 4. The molecule has 5 nitrogen and oxygen atoms in total. The Morgan fingerprint density at radius 3 is 2.16 bits per heavy atom. The Balaban J connectivity index is 2.01. The molecule has 2 aromatic rings. The topological polar surface area (TPSA) is 47.4 Å². The van der Waals surface area contributed by atoms with E-state index >= 15 is 0 Å². The van der Waals surface area contributed by atoms with Crippen LogP contribution < -0.4 is 10.5 Å². The number of benzene rings is 1. The lowest BCUT2D eigenvalue weighted by molar-refractivity contribution is -0.133. The molecule has 134 valence electrons. The molecular weight excluding hydrogens is 361 g/mol. The van der Waals surface area contributed by atoms with E-state index in [0.717, 1.165) is 0 Å². The Morgan fingerprint density at radius 2 is 1.60 bits per heavy atom. The molecule has 0 aliphatic carbocycles. The van der Waals surface area contributed by atoms with Crippen LogP contribution in [0.1, 0.15) is 27.7 Å². The summed E-state index contributed by atoms with van der Waals surface area (Å²) >= 11 is 12.3. The third kappa shape index (κ3) is 3.84. The molecule has 0 N–H and O–H groups in total. The summed E-state index contributed by atoms with van der Waals surface area (Å²) in [6.45, 7) is 9.35. The van der Waals surface area contributed by atoms with Gasteiger partial charge in [-0.3, -0.25) is 4.79 Å². The molecule has 0 saturated carbocycles. The fraction of sp³-hybridized carbons (Fsp3) is 0.444. The maximum Gasteiger partial charge on any atom is 0.292 e. The molecule has 2 heterocycles. The zero-order valence-electron chi connectivity index (χ0n) is 14.7. The largest absolute Gasteiger partial charge is 0.366 e. The van der Waals surface area contributed by atoms with Gasteiger partial charge < -0.3 is 9.64 Å². The van der Waals surface area contributed by atoms with E-state index < -0.39 is 0 Å². The van der Waals surface area contributed by atoms with Crippen LogP contribution >= 0.6 is 23.2 Å². The fourth-order valence-corrected chi connectivity index (χ4v) is 3.74. The first kappa shape index (κ1) is 18.2. The van der Waals surface area contributed by atoms with E-state index in [-0.39, 0.29) is 21.8 Å². The smallest absolute Gasteiger partial charge is 0.292 e. The van der Waals surface area contributed by atoms with Gasteiger partial charge >= 0.3 is 0 Å². The van der Waals surface area contributed by atoms with Crippen molar-refractivity contribution in [2.75, 3.05) is 18.0 Å². The minimum atomic E-state index is -0.358.